The predicted molar refractivity (Wildman–Crippen MR) is 124 cm³/mol. The zero-order valence-electron chi connectivity index (χ0n) is 19.7. The molecule has 4 aliphatic rings. The van der Waals surface area contributed by atoms with Crippen molar-refractivity contribution < 1.29 is 4.74 Å². The second kappa shape index (κ2) is 8.72. The number of nitriles is 1. The van der Waals surface area contributed by atoms with Crippen molar-refractivity contribution in [2.75, 3.05) is 6.61 Å². The molecule has 166 valence electrons. The van der Waals surface area contributed by atoms with Gasteiger partial charge in [-0.05, 0) is 111 Å². The fourth-order valence-electron chi connectivity index (χ4n) is 8.29. The summed E-state index contributed by atoms with van der Waals surface area (Å²) < 4.78 is 4.91. The highest BCUT2D eigenvalue weighted by molar-refractivity contribution is 5.22. The van der Waals surface area contributed by atoms with Crippen LogP contribution in [0.3, 0.4) is 0 Å². The largest absolute Gasteiger partial charge is 0.428 e. The van der Waals surface area contributed by atoms with Gasteiger partial charge in [0.15, 0.2) is 0 Å². The third-order valence-corrected chi connectivity index (χ3v) is 10.5. The van der Waals surface area contributed by atoms with Gasteiger partial charge in [-0.1, -0.05) is 51.0 Å². The van der Waals surface area contributed by atoms with Crippen LogP contribution in [-0.2, 0) is 4.74 Å². The molecule has 7 atom stereocenters. The molecule has 0 radical (unpaired) electrons. The van der Waals surface area contributed by atoms with Crippen molar-refractivity contribution >= 4 is 0 Å². The smallest absolute Gasteiger partial charge is 0.286 e. The molecule has 2 nitrogen and oxygen atoms in total. The minimum atomic E-state index is 0.453. The third-order valence-electron chi connectivity index (χ3n) is 10.5. The average Bonchev–Trinajstić information content (AvgIpc) is 3.05. The van der Waals surface area contributed by atoms with Gasteiger partial charge < -0.3 is 4.74 Å². The molecule has 2 heteroatoms. The second-order valence-corrected chi connectivity index (χ2v) is 11.6. The molecule has 0 bridgehead atoms. The van der Waals surface area contributed by atoms with E-state index in [0.29, 0.717) is 23.4 Å². The molecular formula is C28H43NO. The van der Waals surface area contributed by atoms with Gasteiger partial charge in [0.2, 0.25) is 0 Å². The summed E-state index contributed by atoms with van der Waals surface area (Å²) in [4.78, 5) is 0. The lowest BCUT2D eigenvalue weighted by Gasteiger charge is -2.60. The van der Waals surface area contributed by atoms with Gasteiger partial charge in [-0.2, -0.15) is 5.26 Å². The number of rotatable bonds is 6. The first-order valence-corrected chi connectivity index (χ1v) is 12.8. The minimum absolute atomic E-state index is 0.453. The van der Waals surface area contributed by atoms with Crippen molar-refractivity contribution in [3.05, 3.63) is 23.8 Å². The van der Waals surface area contributed by atoms with Gasteiger partial charge in [0.1, 0.15) is 6.61 Å². The quantitative estimate of drug-likeness (QED) is 0.254. The Labute approximate surface area is 185 Å². The zero-order chi connectivity index (χ0) is 21.4. The Bertz CT molecular complexity index is 717. The van der Waals surface area contributed by atoms with Crippen molar-refractivity contribution in [2.45, 2.75) is 97.8 Å². The fourth-order valence-corrected chi connectivity index (χ4v) is 8.29. The monoisotopic (exact) mass is 409 g/mol. The van der Waals surface area contributed by atoms with Gasteiger partial charge >= 0.3 is 0 Å². The van der Waals surface area contributed by atoms with Crippen LogP contribution < -0.4 is 0 Å². The molecule has 0 amide bonds. The standard InChI is InChI=1S/C28H43NO/c1-5-21(14-17-30-19-29)7-8-22-12-15-28(4)23(18-22)9-10-24-25-11-6-20(2)27(25,3)16-13-26(24)28/h8,21,23-26H,2,5-7,9-18H2,1,3-4H3/b22-8+/t21?,23?,24?,25?,26?,27-,28+/m1/s1. The summed E-state index contributed by atoms with van der Waals surface area (Å²) in [7, 11) is 0. The summed E-state index contributed by atoms with van der Waals surface area (Å²) >= 11 is 0. The summed E-state index contributed by atoms with van der Waals surface area (Å²) in [6.45, 7) is 12.6. The number of allylic oxidation sites excluding steroid dienone is 3. The van der Waals surface area contributed by atoms with Gasteiger partial charge in [0.25, 0.3) is 6.26 Å². The summed E-state index contributed by atoms with van der Waals surface area (Å²) in [5, 5.41) is 8.59. The van der Waals surface area contributed by atoms with E-state index in [9.17, 15) is 0 Å². The Morgan fingerprint density at radius 1 is 1.17 bits per heavy atom. The molecule has 4 rings (SSSR count). The van der Waals surface area contributed by atoms with E-state index in [2.05, 4.69) is 33.4 Å². The van der Waals surface area contributed by atoms with Crippen LogP contribution in [0.4, 0.5) is 0 Å². The van der Waals surface area contributed by atoms with Crippen LogP contribution in [0.25, 0.3) is 0 Å². The highest BCUT2D eigenvalue weighted by atomic mass is 16.5. The molecule has 4 aliphatic carbocycles. The highest BCUT2D eigenvalue weighted by Crippen LogP contribution is 2.67. The molecule has 0 aliphatic heterocycles. The molecule has 0 N–H and O–H groups in total. The van der Waals surface area contributed by atoms with E-state index in [1.807, 2.05) is 6.26 Å². The Kier molecular flexibility index (Phi) is 6.39. The van der Waals surface area contributed by atoms with E-state index < -0.39 is 0 Å². The van der Waals surface area contributed by atoms with Gasteiger partial charge in [-0.3, -0.25) is 0 Å². The van der Waals surface area contributed by atoms with Crippen molar-refractivity contribution in [3.8, 4) is 6.26 Å². The van der Waals surface area contributed by atoms with Crippen LogP contribution in [0.1, 0.15) is 97.8 Å². The van der Waals surface area contributed by atoms with E-state index in [1.54, 1.807) is 11.1 Å². The Morgan fingerprint density at radius 2 is 2.00 bits per heavy atom. The summed E-state index contributed by atoms with van der Waals surface area (Å²) in [5.74, 6) is 4.38. The summed E-state index contributed by atoms with van der Waals surface area (Å²) in [6.07, 6.45) is 20.2. The lowest BCUT2D eigenvalue weighted by molar-refractivity contribution is -0.0904. The molecule has 0 spiro atoms. The molecule has 30 heavy (non-hydrogen) atoms. The maximum atomic E-state index is 8.59. The van der Waals surface area contributed by atoms with Crippen molar-refractivity contribution in [3.63, 3.8) is 0 Å². The first-order chi connectivity index (χ1) is 14.4. The van der Waals surface area contributed by atoms with Crippen LogP contribution in [0, 0.1) is 51.9 Å². The number of fused-ring (bicyclic) bond motifs is 5. The van der Waals surface area contributed by atoms with Gasteiger partial charge in [0.05, 0.1) is 0 Å². The number of ether oxygens (including phenoxy) is 1. The molecule has 0 aromatic carbocycles. The first kappa shape index (κ1) is 22.0. The average molecular weight is 410 g/mol. The van der Waals surface area contributed by atoms with E-state index in [4.69, 9.17) is 10.00 Å². The van der Waals surface area contributed by atoms with Crippen LogP contribution in [0.15, 0.2) is 23.8 Å². The van der Waals surface area contributed by atoms with E-state index >= 15 is 0 Å². The lowest BCUT2D eigenvalue weighted by atomic mass is 9.45. The molecule has 0 aromatic rings. The van der Waals surface area contributed by atoms with Gasteiger partial charge in [-0.25, -0.2) is 0 Å². The molecule has 0 saturated heterocycles. The maximum absolute atomic E-state index is 8.59. The normalized spacial score (nSPS) is 42.7. The van der Waals surface area contributed by atoms with Crippen LogP contribution in [-0.4, -0.2) is 6.61 Å². The molecule has 4 fully saturated rings. The van der Waals surface area contributed by atoms with Crippen LogP contribution >= 0.6 is 0 Å². The molecule has 4 saturated carbocycles. The van der Waals surface area contributed by atoms with Crippen molar-refractivity contribution in [1.82, 2.24) is 0 Å². The molecular weight excluding hydrogens is 366 g/mol. The van der Waals surface area contributed by atoms with Crippen molar-refractivity contribution in [2.24, 2.45) is 40.4 Å². The predicted octanol–water partition coefficient (Wildman–Crippen LogP) is 7.82. The SMILES string of the molecule is C=C1CCC2C3CCC4C/C(=C/CC(CC)CCOC#N)CC[C@]4(C)C3CC[C@]12C. The number of hydrogen-bond acceptors (Lipinski definition) is 2. The van der Waals surface area contributed by atoms with Gasteiger partial charge in [-0.15, -0.1) is 0 Å². The van der Waals surface area contributed by atoms with Crippen LogP contribution in [0.5, 0.6) is 0 Å². The van der Waals surface area contributed by atoms with E-state index in [-0.39, 0.29) is 0 Å². The van der Waals surface area contributed by atoms with Crippen LogP contribution in [0.2, 0.25) is 0 Å². The van der Waals surface area contributed by atoms with Crippen molar-refractivity contribution in [1.29, 1.82) is 5.26 Å². The molecule has 0 heterocycles. The molecule has 5 unspecified atom stereocenters. The Morgan fingerprint density at radius 3 is 2.77 bits per heavy atom. The fraction of sp³-hybridized carbons (Fsp3) is 0.821. The lowest BCUT2D eigenvalue weighted by Crippen LogP contribution is -2.52. The highest BCUT2D eigenvalue weighted by Gasteiger charge is 2.58. The number of nitrogens with zero attached hydrogens (tertiary/aromatic N) is 1. The van der Waals surface area contributed by atoms with E-state index in [0.717, 1.165) is 30.1 Å². The number of hydrogen-bond donors (Lipinski definition) is 0. The zero-order valence-corrected chi connectivity index (χ0v) is 19.7. The maximum Gasteiger partial charge on any atom is 0.286 e. The Hall–Kier alpha value is -1.23. The minimum Gasteiger partial charge on any atom is -0.428 e. The molecule has 0 aromatic heterocycles. The van der Waals surface area contributed by atoms with Gasteiger partial charge in [0, 0.05) is 0 Å². The topological polar surface area (TPSA) is 33.0 Å². The first-order valence-electron chi connectivity index (χ1n) is 12.8. The third kappa shape index (κ3) is 3.76. The van der Waals surface area contributed by atoms with E-state index in [1.165, 1.54) is 70.6 Å². The Balaban J connectivity index is 1.40. The summed E-state index contributed by atoms with van der Waals surface area (Å²) in [5.41, 5.74) is 4.31. The second-order valence-electron chi connectivity index (χ2n) is 11.6. The summed E-state index contributed by atoms with van der Waals surface area (Å²) in [6, 6.07) is 0.